The Balaban J connectivity index is 2.04. The number of aliphatic carboxylic acids is 1. The third kappa shape index (κ3) is 4.12. The number of carboxylic acids is 1. The molecular formula is C17H19NO2. The second-order valence-electron chi connectivity index (χ2n) is 4.91. The van der Waals surface area contributed by atoms with Gasteiger partial charge in [0.15, 0.2) is 0 Å². The first-order valence-corrected chi connectivity index (χ1v) is 6.71. The van der Waals surface area contributed by atoms with Crippen molar-refractivity contribution in [3.63, 3.8) is 0 Å². The van der Waals surface area contributed by atoms with Gasteiger partial charge in [-0.15, -0.1) is 0 Å². The van der Waals surface area contributed by atoms with Crippen LogP contribution in [-0.2, 0) is 17.8 Å². The minimum Gasteiger partial charge on any atom is -0.481 e. The van der Waals surface area contributed by atoms with Crippen LogP contribution in [-0.4, -0.2) is 18.1 Å². The monoisotopic (exact) mass is 269 g/mol. The van der Waals surface area contributed by atoms with Crippen molar-refractivity contribution in [3.8, 4) is 0 Å². The lowest BCUT2D eigenvalue weighted by Crippen LogP contribution is -2.16. The molecule has 0 unspecified atom stereocenters. The number of hydrogen-bond donors (Lipinski definition) is 1. The summed E-state index contributed by atoms with van der Waals surface area (Å²) in [6.45, 7) is 0.837. The maximum Gasteiger partial charge on any atom is 0.303 e. The summed E-state index contributed by atoms with van der Waals surface area (Å²) in [5.41, 5.74) is 3.42. The lowest BCUT2D eigenvalue weighted by Gasteiger charge is -2.20. The van der Waals surface area contributed by atoms with Crippen LogP contribution in [0.5, 0.6) is 0 Å². The van der Waals surface area contributed by atoms with Crippen molar-refractivity contribution in [1.29, 1.82) is 0 Å². The van der Waals surface area contributed by atoms with Crippen LogP contribution in [0.2, 0.25) is 0 Å². The number of aryl methyl sites for hydroxylation is 1. The highest BCUT2D eigenvalue weighted by Gasteiger charge is 2.04. The standard InChI is InChI=1S/C17H19NO2/c1-18(13-15-6-3-2-4-7-15)16-9-5-8-14(12-16)10-11-17(19)20/h2-9,12H,10-11,13H2,1H3,(H,19,20). The van der Waals surface area contributed by atoms with Crippen molar-refractivity contribution < 1.29 is 9.90 Å². The van der Waals surface area contributed by atoms with Gasteiger partial charge in [0, 0.05) is 25.7 Å². The molecule has 0 fully saturated rings. The normalized spacial score (nSPS) is 10.2. The Hall–Kier alpha value is -2.29. The Kier molecular flexibility index (Phi) is 4.77. The average Bonchev–Trinajstić information content (AvgIpc) is 2.46. The molecule has 0 spiro atoms. The minimum atomic E-state index is -0.756. The molecule has 2 aromatic carbocycles. The molecular weight excluding hydrogens is 250 g/mol. The number of benzene rings is 2. The molecule has 3 heteroatoms. The molecule has 2 aromatic rings. The highest BCUT2D eigenvalue weighted by atomic mass is 16.4. The molecule has 1 N–H and O–H groups in total. The summed E-state index contributed by atoms with van der Waals surface area (Å²) in [7, 11) is 2.04. The van der Waals surface area contributed by atoms with Crippen LogP contribution in [0.15, 0.2) is 54.6 Å². The van der Waals surface area contributed by atoms with Gasteiger partial charge in [0.1, 0.15) is 0 Å². The third-order valence-corrected chi connectivity index (χ3v) is 3.24. The smallest absolute Gasteiger partial charge is 0.303 e. The lowest BCUT2D eigenvalue weighted by molar-refractivity contribution is -0.136. The summed E-state index contributed by atoms with van der Waals surface area (Å²) in [6, 6.07) is 18.3. The van der Waals surface area contributed by atoms with Crippen LogP contribution in [0.25, 0.3) is 0 Å². The Morgan fingerprint density at radius 3 is 2.45 bits per heavy atom. The van der Waals surface area contributed by atoms with E-state index in [1.54, 1.807) is 0 Å². The fourth-order valence-electron chi connectivity index (χ4n) is 2.15. The summed E-state index contributed by atoms with van der Waals surface area (Å²) in [5.74, 6) is -0.756. The van der Waals surface area contributed by atoms with E-state index < -0.39 is 5.97 Å². The lowest BCUT2D eigenvalue weighted by atomic mass is 10.1. The van der Waals surface area contributed by atoms with Crippen molar-refractivity contribution in [2.75, 3.05) is 11.9 Å². The number of carbonyl (C=O) groups is 1. The number of nitrogens with zero attached hydrogens (tertiary/aromatic N) is 1. The van der Waals surface area contributed by atoms with Gasteiger partial charge >= 0.3 is 5.97 Å². The fraction of sp³-hybridized carbons (Fsp3) is 0.235. The number of carboxylic acid groups (broad SMARTS) is 1. The molecule has 0 aromatic heterocycles. The van der Waals surface area contributed by atoms with E-state index in [9.17, 15) is 4.79 Å². The number of anilines is 1. The van der Waals surface area contributed by atoms with E-state index in [1.165, 1.54) is 5.56 Å². The molecule has 0 amide bonds. The predicted octanol–water partition coefficient (Wildman–Crippen LogP) is 3.34. The number of hydrogen-bond acceptors (Lipinski definition) is 2. The molecule has 0 atom stereocenters. The highest BCUT2D eigenvalue weighted by Crippen LogP contribution is 2.18. The van der Waals surface area contributed by atoms with Gasteiger partial charge in [0.25, 0.3) is 0 Å². The molecule has 0 aliphatic carbocycles. The van der Waals surface area contributed by atoms with E-state index in [1.807, 2.05) is 43.4 Å². The maximum absolute atomic E-state index is 10.6. The zero-order chi connectivity index (χ0) is 14.4. The quantitative estimate of drug-likeness (QED) is 0.874. The highest BCUT2D eigenvalue weighted by molar-refractivity contribution is 5.67. The van der Waals surface area contributed by atoms with Gasteiger partial charge < -0.3 is 10.0 Å². The van der Waals surface area contributed by atoms with Gasteiger partial charge in [-0.3, -0.25) is 4.79 Å². The Labute approximate surface area is 119 Å². The van der Waals surface area contributed by atoms with Crippen molar-refractivity contribution >= 4 is 11.7 Å². The van der Waals surface area contributed by atoms with Crippen LogP contribution < -0.4 is 4.90 Å². The van der Waals surface area contributed by atoms with E-state index in [2.05, 4.69) is 23.1 Å². The van der Waals surface area contributed by atoms with E-state index in [0.29, 0.717) is 6.42 Å². The molecule has 0 radical (unpaired) electrons. The van der Waals surface area contributed by atoms with E-state index in [4.69, 9.17) is 5.11 Å². The van der Waals surface area contributed by atoms with Gasteiger partial charge in [0.05, 0.1) is 0 Å². The van der Waals surface area contributed by atoms with Gasteiger partial charge in [-0.25, -0.2) is 0 Å². The summed E-state index contributed by atoms with van der Waals surface area (Å²) in [5, 5.41) is 8.74. The predicted molar refractivity (Wildman–Crippen MR) is 80.9 cm³/mol. The van der Waals surface area contributed by atoms with Gasteiger partial charge in [-0.1, -0.05) is 42.5 Å². The summed E-state index contributed by atoms with van der Waals surface area (Å²) in [4.78, 5) is 12.8. The summed E-state index contributed by atoms with van der Waals surface area (Å²) < 4.78 is 0. The van der Waals surface area contributed by atoms with Crippen molar-refractivity contribution in [1.82, 2.24) is 0 Å². The summed E-state index contributed by atoms with van der Waals surface area (Å²) >= 11 is 0. The molecule has 0 bridgehead atoms. The molecule has 0 saturated heterocycles. The zero-order valence-electron chi connectivity index (χ0n) is 11.6. The van der Waals surface area contributed by atoms with Crippen molar-refractivity contribution in [3.05, 3.63) is 65.7 Å². The van der Waals surface area contributed by atoms with Crippen LogP contribution in [0.1, 0.15) is 17.5 Å². The van der Waals surface area contributed by atoms with E-state index in [0.717, 1.165) is 17.8 Å². The van der Waals surface area contributed by atoms with E-state index >= 15 is 0 Å². The van der Waals surface area contributed by atoms with Crippen molar-refractivity contribution in [2.45, 2.75) is 19.4 Å². The number of rotatable bonds is 6. The van der Waals surface area contributed by atoms with Crippen LogP contribution in [0, 0.1) is 0 Å². The second kappa shape index (κ2) is 6.75. The molecule has 0 saturated carbocycles. The van der Waals surface area contributed by atoms with Crippen LogP contribution in [0.3, 0.4) is 0 Å². The zero-order valence-corrected chi connectivity index (χ0v) is 11.6. The first-order valence-electron chi connectivity index (χ1n) is 6.71. The first-order chi connectivity index (χ1) is 9.65. The molecule has 0 aliphatic heterocycles. The average molecular weight is 269 g/mol. The van der Waals surface area contributed by atoms with Gasteiger partial charge in [-0.2, -0.15) is 0 Å². The summed E-state index contributed by atoms with van der Waals surface area (Å²) in [6.07, 6.45) is 0.744. The molecule has 0 aliphatic rings. The largest absolute Gasteiger partial charge is 0.481 e. The SMILES string of the molecule is CN(Cc1ccccc1)c1cccc(CCC(=O)O)c1. The molecule has 20 heavy (non-hydrogen) atoms. The third-order valence-electron chi connectivity index (χ3n) is 3.24. The fourth-order valence-corrected chi connectivity index (χ4v) is 2.15. The van der Waals surface area contributed by atoms with Gasteiger partial charge in [-0.05, 0) is 29.7 Å². The maximum atomic E-state index is 10.6. The second-order valence-corrected chi connectivity index (χ2v) is 4.91. The Morgan fingerprint density at radius 2 is 1.75 bits per heavy atom. The minimum absolute atomic E-state index is 0.172. The topological polar surface area (TPSA) is 40.5 Å². The van der Waals surface area contributed by atoms with E-state index in [-0.39, 0.29) is 6.42 Å². The first kappa shape index (κ1) is 14.1. The van der Waals surface area contributed by atoms with Crippen molar-refractivity contribution in [2.24, 2.45) is 0 Å². The Morgan fingerprint density at radius 1 is 1.05 bits per heavy atom. The Bertz CT molecular complexity index is 566. The molecule has 0 heterocycles. The molecule has 3 nitrogen and oxygen atoms in total. The van der Waals surface area contributed by atoms with Crippen LogP contribution in [0.4, 0.5) is 5.69 Å². The molecule has 2 rings (SSSR count). The molecule has 104 valence electrons. The van der Waals surface area contributed by atoms with Crippen LogP contribution >= 0.6 is 0 Å². The van der Waals surface area contributed by atoms with Gasteiger partial charge in [0.2, 0.25) is 0 Å².